The number of hydrogen-bond donors (Lipinski definition) is 1. The first kappa shape index (κ1) is 21.2. The van der Waals surface area contributed by atoms with E-state index in [0.29, 0.717) is 6.42 Å². The normalized spacial score (nSPS) is 11.2. The molecule has 0 unspecified atom stereocenters. The molecule has 0 rings (SSSR count). The molecule has 0 spiro atoms. The third-order valence-electron chi connectivity index (χ3n) is 3.89. The van der Waals surface area contributed by atoms with Crippen molar-refractivity contribution >= 4 is 5.97 Å². The predicted molar refractivity (Wildman–Crippen MR) is 94.6 cm³/mol. The molecule has 0 heterocycles. The van der Waals surface area contributed by atoms with Crippen LogP contribution in [0, 0.1) is 0 Å². The Bertz CT molecular complexity index is 264. The van der Waals surface area contributed by atoms with Crippen LogP contribution in [0.3, 0.4) is 0 Å². The lowest BCUT2D eigenvalue weighted by atomic mass is 10.1. The molecule has 0 aliphatic heterocycles. The van der Waals surface area contributed by atoms with Gasteiger partial charge in [0, 0.05) is 6.42 Å². The summed E-state index contributed by atoms with van der Waals surface area (Å²) in [4.78, 5) is 11.1. The van der Waals surface area contributed by atoms with Gasteiger partial charge in [-0.05, 0) is 32.1 Å². The number of nitrogens with two attached hydrogens (primary N) is 1. The minimum absolute atomic E-state index is 0.00388. The molecule has 22 heavy (non-hydrogen) atoms. The smallest absolute Gasteiger partial charge is 0.307 e. The van der Waals surface area contributed by atoms with Crippen LogP contribution in [-0.2, 0) is 9.53 Å². The first-order chi connectivity index (χ1) is 10.8. The Balaban J connectivity index is 3.12. The standard InChI is InChI=1S/C19H37NO2/c1-2-3-4-5-6-7-8-9-10-11-12-13-14-15-16-17-19(21)22-18-20/h9-10H,2-8,11-18,20H2,1H3/b10-9-. The molecule has 0 atom stereocenters. The average molecular weight is 312 g/mol. The van der Waals surface area contributed by atoms with Gasteiger partial charge in [0.1, 0.15) is 6.73 Å². The average Bonchev–Trinajstić information content (AvgIpc) is 2.51. The second-order valence-electron chi connectivity index (χ2n) is 6.02. The molecule has 2 N–H and O–H groups in total. The van der Waals surface area contributed by atoms with Gasteiger partial charge in [-0.2, -0.15) is 0 Å². The van der Waals surface area contributed by atoms with Crippen molar-refractivity contribution in [3.63, 3.8) is 0 Å². The highest BCUT2D eigenvalue weighted by atomic mass is 16.5. The third kappa shape index (κ3) is 17.2. The van der Waals surface area contributed by atoms with E-state index in [0.717, 1.165) is 12.8 Å². The summed E-state index contributed by atoms with van der Waals surface area (Å²) in [7, 11) is 0. The fraction of sp³-hybridized carbons (Fsp3) is 0.842. The van der Waals surface area contributed by atoms with Crippen molar-refractivity contribution in [1.29, 1.82) is 0 Å². The maximum Gasteiger partial charge on any atom is 0.307 e. The number of carbonyl (C=O) groups excluding carboxylic acids is 1. The van der Waals surface area contributed by atoms with Gasteiger partial charge in [-0.3, -0.25) is 10.5 Å². The van der Waals surface area contributed by atoms with Crippen LogP contribution in [0.25, 0.3) is 0 Å². The van der Waals surface area contributed by atoms with Gasteiger partial charge in [0.2, 0.25) is 0 Å². The lowest BCUT2D eigenvalue weighted by Gasteiger charge is -2.01. The van der Waals surface area contributed by atoms with Crippen molar-refractivity contribution in [1.82, 2.24) is 0 Å². The van der Waals surface area contributed by atoms with E-state index in [9.17, 15) is 4.79 Å². The van der Waals surface area contributed by atoms with E-state index in [1.54, 1.807) is 0 Å². The van der Waals surface area contributed by atoms with Crippen molar-refractivity contribution < 1.29 is 9.53 Å². The summed E-state index contributed by atoms with van der Waals surface area (Å²) < 4.78 is 4.69. The zero-order valence-corrected chi connectivity index (χ0v) is 14.7. The van der Waals surface area contributed by atoms with Crippen molar-refractivity contribution in [2.24, 2.45) is 5.73 Å². The Hall–Kier alpha value is -0.830. The molecule has 3 nitrogen and oxygen atoms in total. The first-order valence-corrected chi connectivity index (χ1v) is 9.32. The van der Waals surface area contributed by atoms with Crippen LogP contribution in [0.1, 0.15) is 96.8 Å². The molecule has 0 aromatic rings. The molecule has 0 aromatic carbocycles. The van der Waals surface area contributed by atoms with Crippen molar-refractivity contribution in [2.75, 3.05) is 6.73 Å². The van der Waals surface area contributed by atoms with Crippen molar-refractivity contribution in [2.45, 2.75) is 96.8 Å². The summed E-state index contributed by atoms with van der Waals surface area (Å²) in [5, 5.41) is 0. The summed E-state index contributed by atoms with van der Waals surface area (Å²) in [6.45, 7) is 2.27. The van der Waals surface area contributed by atoms with Crippen LogP contribution in [0.4, 0.5) is 0 Å². The van der Waals surface area contributed by atoms with Gasteiger partial charge >= 0.3 is 5.97 Å². The monoisotopic (exact) mass is 311 g/mol. The summed E-state index contributed by atoms with van der Waals surface area (Å²) in [6.07, 6.45) is 21.7. The van der Waals surface area contributed by atoms with Crippen LogP contribution in [0.2, 0.25) is 0 Å². The van der Waals surface area contributed by atoms with Gasteiger partial charge in [0.05, 0.1) is 0 Å². The molecule has 130 valence electrons. The van der Waals surface area contributed by atoms with Crippen LogP contribution in [-0.4, -0.2) is 12.7 Å². The number of carbonyl (C=O) groups is 1. The van der Waals surface area contributed by atoms with Gasteiger partial charge in [0.15, 0.2) is 0 Å². The van der Waals surface area contributed by atoms with Gasteiger partial charge in [-0.25, -0.2) is 0 Å². The maximum absolute atomic E-state index is 11.1. The number of rotatable bonds is 16. The van der Waals surface area contributed by atoms with Gasteiger partial charge in [-0.15, -0.1) is 0 Å². The van der Waals surface area contributed by atoms with Crippen molar-refractivity contribution in [3.05, 3.63) is 12.2 Å². The van der Waals surface area contributed by atoms with E-state index in [4.69, 9.17) is 10.5 Å². The fourth-order valence-corrected chi connectivity index (χ4v) is 2.51. The number of esters is 1. The zero-order chi connectivity index (χ0) is 16.3. The summed E-state index contributed by atoms with van der Waals surface area (Å²) in [6, 6.07) is 0. The molecule has 0 fully saturated rings. The van der Waals surface area contributed by atoms with Crippen LogP contribution < -0.4 is 5.73 Å². The molecular weight excluding hydrogens is 274 g/mol. The largest absolute Gasteiger partial charge is 0.450 e. The highest BCUT2D eigenvalue weighted by Gasteiger charge is 2.00. The number of ether oxygens (including phenoxy) is 1. The Kier molecular flexibility index (Phi) is 17.5. The van der Waals surface area contributed by atoms with Gasteiger partial charge in [-0.1, -0.05) is 70.4 Å². The van der Waals surface area contributed by atoms with E-state index in [-0.39, 0.29) is 12.7 Å². The number of allylic oxidation sites excluding steroid dienone is 2. The highest BCUT2D eigenvalue weighted by molar-refractivity contribution is 5.69. The molecule has 0 saturated carbocycles. The van der Waals surface area contributed by atoms with Crippen molar-refractivity contribution in [3.8, 4) is 0 Å². The minimum Gasteiger partial charge on any atom is -0.450 e. The van der Waals surface area contributed by atoms with E-state index in [1.165, 1.54) is 70.6 Å². The van der Waals surface area contributed by atoms with E-state index >= 15 is 0 Å². The quantitative estimate of drug-likeness (QED) is 0.178. The van der Waals surface area contributed by atoms with Crippen LogP contribution in [0.5, 0.6) is 0 Å². The topological polar surface area (TPSA) is 52.3 Å². The zero-order valence-electron chi connectivity index (χ0n) is 14.7. The molecule has 0 amide bonds. The second kappa shape index (κ2) is 18.2. The minimum atomic E-state index is -0.167. The predicted octanol–water partition coefficient (Wildman–Crippen LogP) is 5.48. The molecule has 0 aliphatic rings. The lowest BCUT2D eigenvalue weighted by Crippen LogP contribution is -2.11. The lowest BCUT2D eigenvalue weighted by molar-refractivity contribution is -0.143. The van der Waals surface area contributed by atoms with E-state index < -0.39 is 0 Å². The molecule has 0 radical (unpaired) electrons. The molecular formula is C19H37NO2. The molecule has 0 saturated heterocycles. The molecule has 0 aliphatic carbocycles. The molecule has 0 aromatic heterocycles. The highest BCUT2D eigenvalue weighted by Crippen LogP contribution is 2.10. The number of hydrogen-bond acceptors (Lipinski definition) is 3. The van der Waals surface area contributed by atoms with Gasteiger partial charge in [0.25, 0.3) is 0 Å². The Morgan fingerprint density at radius 3 is 1.86 bits per heavy atom. The Labute approximate surface area is 137 Å². The molecule has 3 heteroatoms. The summed E-state index contributed by atoms with van der Waals surface area (Å²) in [5.74, 6) is -0.167. The Morgan fingerprint density at radius 1 is 0.818 bits per heavy atom. The Morgan fingerprint density at radius 2 is 1.32 bits per heavy atom. The SMILES string of the molecule is CCCCCCCC/C=C\CCCCCCCC(=O)OCN. The van der Waals surface area contributed by atoms with E-state index in [1.807, 2.05) is 0 Å². The third-order valence-corrected chi connectivity index (χ3v) is 3.89. The fourth-order valence-electron chi connectivity index (χ4n) is 2.51. The summed E-state index contributed by atoms with van der Waals surface area (Å²) >= 11 is 0. The van der Waals surface area contributed by atoms with Crippen LogP contribution >= 0.6 is 0 Å². The molecule has 0 bridgehead atoms. The summed E-state index contributed by atoms with van der Waals surface area (Å²) in [5.41, 5.74) is 5.14. The second-order valence-corrected chi connectivity index (χ2v) is 6.02. The van der Waals surface area contributed by atoms with E-state index in [2.05, 4.69) is 19.1 Å². The van der Waals surface area contributed by atoms with Gasteiger partial charge < -0.3 is 4.74 Å². The number of unbranched alkanes of at least 4 members (excludes halogenated alkanes) is 11. The first-order valence-electron chi connectivity index (χ1n) is 9.32. The maximum atomic E-state index is 11.1. The van der Waals surface area contributed by atoms with Crippen LogP contribution in [0.15, 0.2) is 12.2 Å².